The van der Waals surface area contributed by atoms with Gasteiger partial charge in [0.15, 0.2) is 0 Å². The zero-order valence-corrected chi connectivity index (χ0v) is 13.5. The average molecular weight is 331 g/mol. The summed E-state index contributed by atoms with van der Waals surface area (Å²) >= 11 is 2.97. The van der Waals surface area contributed by atoms with Gasteiger partial charge in [0.25, 0.3) is 0 Å². The van der Waals surface area contributed by atoms with Gasteiger partial charge in [0, 0.05) is 16.3 Å². The molecule has 110 valence electrons. The van der Waals surface area contributed by atoms with Gasteiger partial charge in [-0.25, -0.2) is 13.1 Å². The topological polar surface area (TPSA) is 66.4 Å². The molecule has 0 amide bonds. The maximum absolute atomic E-state index is 11.6. The molecule has 2 heterocycles. The van der Waals surface area contributed by atoms with Gasteiger partial charge in [-0.2, -0.15) is 11.3 Å². The first-order chi connectivity index (χ1) is 9.52. The van der Waals surface area contributed by atoms with Crippen molar-refractivity contribution in [3.63, 3.8) is 0 Å². The van der Waals surface area contributed by atoms with Crippen molar-refractivity contribution in [3.8, 4) is 0 Å². The highest BCUT2D eigenvalue weighted by Crippen LogP contribution is 2.29. The SMILES string of the molecule is CCCS(=O)(=O)NCc1ccc(C(O)c2ccsc2)s1. The maximum Gasteiger partial charge on any atom is 0.211 e. The predicted octanol–water partition coefficient (Wildman–Crippen LogP) is 2.72. The van der Waals surface area contributed by atoms with Gasteiger partial charge in [-0.15, -0.1) is 11.3 Å². The van der Waals surface area contributed by atoms with Gasteiger partial charge in [-0.05, 0) is 40.9 Å². The summed E-state index contributed by atoms with van der Waals surface area (Å²) < 4.78 is 25.7. The molecule has 1 atom stereocenters. The molecule has 0 aliphatic heterocycles. The number of rotatable bonds is 7. The molecule has 1 unspecified atom stereocenters. The van der Waals surface area contributed by atoms with Crippen LogP contribution in [0.4, 0.5) is 0 Å². The van der Waals surface area contributed by atoms with Crippen molar-refractivity contribution in [1.29, 1.82) is 0 Å². The van der Waals surface area contributed by atoms with Crippen LogP contribution in [0.2, 0.25) is 0 Å². The van der Waals surface area contributed by atoms with E-state index in [2.05, 4.69) is 4.72 Å². The van der Waals surface area contributed by atoms with Gasteiger partial charge in [0.1, 0.15) is 6.10 Å². The Kier molecular flexibility index (Phi) is 5.34. The van der Waals surface area contributed by atoms with Crippen molar-refractivity contribution >= 4 is 32.7 Å². The number of sulfonamides is 1. The maximum atomic E-state index is 11.6. The summed E-state index contributed by atoms with van der Waals surface area (Å²) in [5.74, 6) is 0.142. The van der Waals surface area contributed by atoms with Crippen molar-refractivity contribution in [3.05, 3.63) is 44.3 Å². The van der Waals surface area contributed by atoms with Crippen LogP contribution in [0.5, 0.6) is 0 Å². The Balaban J connectivity index is 1.99. The molecular formula is C13H17NO3S3. The van der Waals surface area contributed by atoms with Crippen LogP contribution in [0.15, 0.2) is 29.0 Å². The van der Waals surface area contributed by atoms with Gasteiger partial charge in [0.05, 0.1) is 5.75 Å². The summed E-state index contributed by atoms with van der Waals surface area (Å²) in [6.45, 7) is 2.11. The lowest BCUT2D eigenvalue weighted by molar-refractivity contribution is 0.224. The normalized spacial score (nSPS) is 13.5. The fourth-order valence-corrected chi connectivity index (χ4v) is 4.55. The molecule has 0 saturated carbocycles. The summed E-state index contributed by atoms with van der Waals surface area (Å²) in [7, 11) is -3.19. The molecular weight excluding hydrogens is 314 g/mol. The predicted molar refractivity (Wildman–Crippen MR) is 83.6 cm³/mol. The van der Waals surface area contributed by atoms with E-state index in [4.69, 9.17) is 0 Å². The van der Waals surface area contributed by atoms with E-state index in [1.807, 2.05) is 35.9 Å². The van der Waals surface area contributed by atoms with Crippen molar-refractivity contribution in [1.82, 2.24) is 4.72 Å². The Hall–Kier alpha value is -0.730. The number of hydrogen-bond acceptors (Lipinski definition) is 5. The van der Waals surface area contributed by atoms with E-state index in [0.717, 1.165) is 15.3 Å². The highest BCUT2D eigenvalue weighted by atomic mass is 32.2. The second-order valence-electron chi connectivity index (χ2n) is 4.40. The van der Waals surface area contributed by atoms with E-state index < -0.39 is 16.1 Å². The largest absolute Gasteiger partial charge is 0.383 e. The van der Waals surface area contributed by atoms with E-state index in [9.17, 15) is 13.5 Å². The minimum atomic E-state index is -3.19. The standard InChI is InChI=1S/C13H17NO3S3/c1-2-7-20(16,17)14-8-11-3-4-12(19-11)13(15)10-5-6-18-9-10/h3-6,9,13-15H,2,7-8H2,1H3. The molecule has 2 N–H and O–H groups in total. The lowest BCUT2D eigenvalue weighted by Gasteiger charge is -2.06. The molecule has 0 radical (unpaired) electrons. The molecule has 0 saturated heterocycles. The Morgan fingerprint density at radius 2 is 2.15 bits per heavy atom. The molecule has 0 fully saturated rings. The highest BCUT2D eigenvalue weighted by molar-refractivity contribution is 7.89. The number of hydrogen-bond donors (Lipinski definition) is 2. The zero-order chi connectivity index (χ0) is 14.6. The number of thiophene rings is 2. The molecule has 0 aromatic carbocycles. The van der Waals surface area contributed by atoms with Crippen molar-refractivity contribution in [2.75, 3.05) is 5.75 Å². The Morgan fingerprint density at radius 1 is 1.35 bits per heavy atom. The minimum absolute atomic E-state index is 0.142. The summed E-state index contributed by atoms with van der Waals surface area (Å²) in [5, 5.41) is 14.0. The molecule has 0 aliphatic carbocycles. The van der Waals surface area contributed by atoms with Gasteiger partial charge >= 0.3 is 0 Å². The molecule has 0 bridgehead atoms. The van der Waals surface area contributed by atoms with E-state index in [1.54, 1.807) is 11.3 Å². The third kappa shape index (κ3) is 4.13. The third-order valence-corrected chi connectivity index (χ3v) is 6.12. The van der Waals surface area contributed by atoms with Crippen molar-refractivity contribution < 1.29 is 13.5 Å². The van der Waals surface area contributed by atoms with E-state index in [-0.39, 0.29) is 12.3 Å². The van der Waals surface area contributed by atoms with Crippen LogP contribution < -0.4 is 4.72 Å². The summed E-state index contributed by atoms with van der Waals surface area (Å²) in [6.07, 6.45) is -0.0331. The number of aliphatic hydroxyl groups is 1. The van der Waals surface area contributed by atoms with Gasteiger partial charge < -0.3 is 5.11 Å². The zero-order valence-electron chi connectivity index (χ0n) is 11.1. The summed E-state index contributed by atoms with van der Waals surface area (Å²) in [4.78, 5) is 1.72. The molecule has 2 aromatic heterocycles. The number of nitrogens with one attached hydrogen (secondary N) is 1. The van der Waals surface area contributed by atoms with Crippen LogP contribution in [0.25, 0.3) is 0 Å². The Bertz CT molecular complexity index is 632. The first-order valence-electron chi connectivity index (χ1n) is 6.28. The number of aliphatic hydroxyl groups excluding tert-OH is 1. The third-order valence-electron chi connectivity index (χ3n) is 2.75. The second kappa shape index (κ2) is 6.82. The summed E-state index contributed by atoms with van der Waals surface area (Å²) in [6, 6.07) is 5.58. The fraction of sp³-hybridized carbons (Fsp3) is 0.385. The molecule has 0 spiro atoms. The fourth-order valence-electron chi connectivity index (χ4n) is 1.75. The van der Waals surface area contributed by atoms with Crippen LogP contribution in [0.3, 0.4) is 0 Å². The molecule has 2 aromatic rings. The highest BCUT2D eigenvalue weighted by Gasteiger charge is 2.14. The van der Waals surface area contributed by atoms with Crippen LogP contribution in [-0.4, -0.2) is 19.3 Å². The van der Waals surface area contributed by atoms with Crippen molar-refractivity contribution in [2.24, 2.45) is 0 Å². The van der Waals surface area contributed by atoms with Gasteiger partial charge in [-0.3, -0.25) is 0 Å². The molecule has 20 heavy (non-hydrogen) atoms. The lowest BCUT2D eigenvalue weighted by atomic mass is 10.2. The average Bonchev–Trinajstić information content (AvgIpc) is 3.07. The van der Waals surface area contributed by atoms with E-state index >= 15 is 0 Å². The molecule has 0 aliphatic rings. The smallest absolute Gasteiger partial charge is 0.211 e. The van der Waals surface area contributed by atoms with Crippen LogP contribution in [0, 0.1) is 0 Å². The first kappa shape index (κ1) is 15.7. The van der Waals surface area contributed by atoms with E-state index in [1.165, 1.54) is 11.3 Å². The second-order valence-corrected chi connectivity index (χ2v) is 8.31. The summed E-state index contributed by atoms with van der Waals surface area (Å²) in [5.41, 5.74) is 0.870. The van der Waals surface area contributed by atoms with Crippen molar-refractivity contribution in [2.45, 2.75) is 26.0 Å². The Labute approximate surface area is 127 Å². The minimum Gasteiger partial charge on any atom is -0.383 e. The monoisotopic (exact) mass is 331 g/mol. The quantitative estimate of drug-likeness (QED) is 0.820. The van der Waals surface area contributed by atoms with Crippen LogP contribution >= 0.6 is 22.7 Å². The van der Waals surface area contributed by atoms with Gasteiger partial charge in [-0.1, -0.05) is 6.92 Å². The van der Waals surface area contributed by atoms with Crippen LogP contribution in [0.1, 0.15) is 34.8 Å². The van der Waals surface area contributed by atoms with E-state index in [0.29, 0.717) is 6.42 Å². The first-order valence-corrected chi connectivity index (χ1v) is 9.69. The molecule has 4 nitrogen and oxygen atoms in total. The Morgan fingerprint density at radius 3 is 2.80 bits per heavy atom. The molecule has 7 heteroatoms. The molecule has 2 rings (SSSR count). The van der Waals surface area contributed by atoms with Gasteiger partial charge in [0.2, 0.25) is 10.0 Å². The van der Waals surface area contributed by atoms with Crippen LogP contribution in [-0.2, 0) is 16.6 Å². The lowest BCUT2D eigenvalue weighted by Crippen LogP contribution is -2.25.